The summed E-state index contributed by atoms with van der Waals surface area (Å²) in [6, 6.07) is 8.77. The fourth-order valence-electron chi connectivity index (χ4n) is 1.53. The predicted octanol–water partition coefficient (Wildman–Crippen LogP) is 3.89. The monoisotopic (exact) mass is 313 g/mol. The second kappa shape index (κ2) is 5.35. The first kappa shape index (κ1) is 12.8. The number of halogens is 3. The zero-order valence-electron chi connectivity index (χ0n) is 9.29. The molecular weight excluding hydrogens is 304 g/mol. The van der Waals surface area contributed by atoms with Crippen molar-refractivity contribution in [3.8, 4) is 5.75 Å². The van der Waals surface area contributed by atoms with Crippen LogP contribution >= 0.6 is 15.9 Å². The third-order valence-corrected chi connectivity index (χ3v) is 2.74. The molecule has 0 spiro atoms. The van der Waals surface area contributed by atoms with E-state index in [1.54, 1.807) is 18.2 Å². The van der Waals surface area contributed by atoms with E-state index < -0.39 is 11.6 Å². The Morgan fingerprint density at radius 1 is 1.11 bits per heavy atom. The molecule has 0 aromatic heterocycles. The Labute approximate surface area is 112 Å². The predicted molar refractivity (Wildman–Crippen MR) is 69.2 cm³/mol. The Morgan fingerprint density at radius 3 is 2.39 bits per heavy atom. The summed E-state index contributed by atoms with van der Waals surface area (Å²) in [4.78, 5) is 0. The molecule has 2 aromatic rings. The van der Waals surface area contributed by atoms with Crippen LogP contribution in [0.2, 0.25) is 0 Å². The van der Waals surface area contributed by atoms with Gasteiger partial charge in [0.15, 0.2) is 17.4 Å². The third kappa shape index (κ3) is 2.98. The van der Waals surface area contributed by atoms with Gasteiger partial charge in [-0.2, -0.15) is 0 Å². The lowest BCUT2D eigenvalue weighted by atomic mass is 10.2. The van der Waals surface area contributed by atoms with Gasteiger partial charge in [0.05, 0.1) is 0 Å². The number of ether oxygens (including phenoxy) is 1. The van der Waals surface area contributed by atoms with Crippen molar-refractivity contribution in [1.82, 2.24) is 0 Å². The lowest BCUT2D eigenvalue weighted by Gasteiger charge is -2.09. The number of anilines is 1. The summed E-state index contributed by atoms with van der Waals surface area (Å²) in [6.07, 6.45) is 0. The van der Waals surface area contributed by atoms with Crippen molar-refractivity contribution in [2.45, 2.75) is 6.61 Å². The Hall–Kier alpha value is -1.62. The van der Waals surface area contributed by atoms with Crippen molar-refractivity contribution in [1.29, 1.82) is 0 Å². The van der Waals surface area contributed by atoms with Gasteiger partial charge in [0, 0.05) is 10.2 Å². The highest BCUT2D eigenvalue weighted by molar-refractivity contribution is 9.10. The average molecular weight is 314 g/mol. The lowest BCUT2D eigenvalue weighted by Crippen LogP contribution is -2.00. The smallest absolute Gasteiger partial charge is 0.191 e. The summed E-state index contributed by atoms with van der Waals surface area (Å²) in [5, 5.41) is 0. The number of benzene rings is 2. The van der Waals surface area contributed by atoms with Gasteiger partial charge in [0.1, 0.15) is 6.61 Å². The van der Waals surface area contributed by atoms with Gasteiger partial charge in [0.25, 0.3) is 0 Å². The summed E-state index contributed by atoms with van der Waals surface area (Å²) in [5.74, 6) is -1.83. The van der Waals surface area contributed by atoms with Gasteiger partial charge < -0.3 is 10.5 Å². The second-order valence-electron chi connectivity index (χ2n) is 3.73. The van der Waals surface area contributed by atoms with Crippen molar-refractivity contribution in [3.05, 3.63) is 58.1 Å². The Morgan fingerprint density at radius 2 is 1.78 bits per heavy atom. The van der Waals surface area contributed by atoms with E-state index in [1.165, 1.54) is 6.07 Å². The van der Waals surface area contributed by atoms with Crippen LogP contribution in [0, 0.1) is 11.6 Å². The van der Waals surface area contributed by atoms with E-state index >= 15 is 0 Å². The molecule has 0 saturated heterocycles. The highest BCUT2D eigenvalue weighted by Crippen LogP contribution is 2.23. The number of hydrogen-bond acceptors (Lipinski definition) is 2. The minimum Gasteiger partial charge on any atom is -0.483 e. The molecule has 0 bridgehead atoms. The molecule has 5 heteroatoms. The van der Waals surface area contributed by atoms with Gasteiger partial charge in [-0.3, -0.25) is 0 Å². The van der Waals surface area contributed by atoms with Crippen LogP contribution < -0.4 is 10.5 Å². The molecule has 0 radical (unpaired) electrons. The van der Waals surface area contributed by atoms with Crippen molar-refractivity contribution in [2.75, 3.05) is 5.73 Å². The maximum Gasteiger partial charge on any atom is 0.191 e. The number of para-hydroxylation sites is 1. The quantitative estimate of drug-likeness (QED) is 0.873. The molecule has 94 valence electrons. The molecule has 0 unspecified atom stereocenters. The topological polar surface area (TPSA) is 35.2 Å². The van der Waals surface area contributed by atoms with Crippen LogP contribution in [0.5, 0.6) is 5.75 Å². The summed E-state index contributed by atoms with van der Waals surface area (Å²) >= 11 is 3.28. The Bertz CT molecular complexity index is 534. The van der Waals surface area contributed by atoms with E-state index in [0.717, 1.165) is 22.2 Å². The normalized spacial score (nSPS) is 10.4. The molecule has 18 heavy (non-hydrogen) atoms. The van der Waals surface area contributed by atoms with Crippen molar-refractivity contribution in [3.63, 3.8) is 0 Å². The van der Waals surface area contributed by atoms with Crippen LogP contribution in [0.3, 0.4) is 0 Å². The fraction of sp³-hybridized carbons (Fsp3) is 0.0769. The van der Waals surface area contributed by atoms with Gasteiger partial charge in [-0.1, -0.05) is 22.0 Å². The largest absolute Gasteiger partial charge is 0.483 e. The third-order valence-electron chi connectivity index (χ3n) is 2.28. The Balaban J connectivity index is 2.16. The highest BCUT2D eigenvalue weighted by Gasteiger charge is 2.09. The standard InChI is InChI=1S/C13H10BrF2NO/c14-9-4-8(5-10(17)6-9)7-18-13-11(15)2-1-3-12(13)16/h1-6H,7,17H2. The van der Waals surface area contributed by atoms with E-state index in [2.05, 4.69) is 15.9 Å². The summed E-state index contributed by atoms with van der Waals surface area (Å²) in [7, 11) is 0. The summed E-state index contributed by atoms with van der Waals surface area (Å²) in [5.41, 5.74) is 6.93. The van der Waals surface area contributed by atoms with E-state index in [1.807, 2.05) is 0 Å². The first-order valence-corrected chi connectivity index (χ1v) is 5.97. The summed E-state index contributed by atoms with van der Waals surface area (Å²) < 4.78 is 32.5. The number of nitrogen functional groups attached to an aromatic ring is 1. The molecule has 0 aliphatic rings. The molecular formula is C13H10BrF2NO. The molecule has 2 N–H and O–H groups in total. The van der Waals surface area contributed by atoms with Crippen LogP contribution in [-0.4, -0.2) is 0 Å². The molecule has 0 saturated carbocycles. The molecule has 0 fully saturated rings. The van der Waals surface area contributed by atoms with E-state index in [0.29, 0.717) is 5.69 Å². The minimum atomic E-state index is -0.724. The Kier molecular flexibility index (Phi) is 3.81. The molecule has 0 aliphatic carbocycles. The second-order valence-corrected chi connectivity index (χ2v) is 4.65. The van der Waals surface area contributed by atoms with Crippen LogP contribution in [0.4, 0.5) is 14.5 Å². The van der Waals surface area contributed by atoms with E-state index in [9.17, 15) is 8.78 Å². The molecule has 0 atom stereocenters. The highest BCUT2D eigenvalue weighted by atomic mass is 79.9. The van der Waals surface area contributed by atoms with Crippen molar-refractivity contribution in [2.24, 2.45) is 0 Å². The molecule has 0 amide bonds. The summed E-state index contributed by atoms with van der Waals surface area (Å²) in [6.45, 7) is 0.0431. The zero-order valence-corrected chi connectivity index (χ0v) is 10.9. The first-order valence-electron chi connectivity index (χ1n) is 5.18. The van der Waals surface area contributed by atoms with Gasteiger partial charge in [0.2, 0.25) is 0 Å². The van der Waals surface area contributed by atoms with Crippen LogP contribution in [0.15, 0.2) is 40.9 Å². The van der Waals surface area contributed by atoms with Crippen LogP contribution in [0.1, 0.15) is 5.56 Å². The zero-order chi connectivity index (χ0) is 13.1. The fourth-order valence-corrected chi connectivity index (χ4v) is 2.09. The minimum absolute atomic E-state index is 0.0431. The molecule has 0 aliphatic heterocycles. The molecule has 2 rings (SSSR count). The van der Waals surface area contributed by atoms with Crippen molar-refractivity contribution >= 4 is 21.6 Å². The number of rotatable bonds is 3. The molecule has 2 nitrogen and oxygen atoms in total. The van der Waals surface area contributed by atoms with Crippen molar-refractivity contribution < 1.29 is 13.5 Å². The van der Waals surface area contributed by atoms with E-state index in [-0.39, 0.29) is 12.4 Å². The first-order chi connectivity index (χ1) is 8.56. The van der Waals surface area contributed by atoms with E-state index in [4.69, 9.17) is 10.5 Å². The number of nitrogens with two attached hydrogens (primary N) is 1. The van der Waals surface area contributed by atoms with Crippen LogP contribution in [-0.2, 0) is 6.61 Å². The van der Waals surface area contributed by atoms with Gasteiger partial charge in [-0.25, -0.2) is 8.78 Å². The lowest BCUT2D eigenvalue weighted by molar-refractivity contribution is 0.274. The maximum absolute atomic E-state index is 13.3. The number of hydrogen-bond donors (Lipinski definition) is 1. The molecule has 0 heterocycles. The average Bonchev–Trinajstić information content (AvgIpc) is 2.27. The van der Waals surface area contributed by atoms with Crippen LogP contribution in [0.25, 0.3) is 0 Å². The van der Waals surface area contributed by atoms with Gasteiger partial charge >= 0.3 is 0 Å². The van der Waals surface area contributed by atoms with Gasteiger partial charge in [-0.15, -0.1) is 0 Å². The molecule has 2 aromatic carbocycles. The maximum atomic E-state index is 13.3. The SMILES string of the molecule is Nc1cc(Br)cc(COc2c(F)cccc2F)c1. The van der Waals surface area contributed by atoms with Gasteiger partial charge in [-0.05, 0) is 35.9 Å².